The number of aryl methyl sites for hydroxylation is 1. The molecule has 0 aliphatic heterocycles. The van der Waals surface area contributed by atoms with E-state index in [-0.39, 0.29) is 5.92 Å². The molecule has 1 unspecified atom stereocenters. The number of benzene rings is 3. The first kappa shape index (κ1) is 27.7. The predicted molar refractivity (Wildman–Crippen MR) is 150 cm³/mol. The summed E-state index contributed by atoms with van der Waals surface area (Å²) in [6.45, 7) is 4.84. The minimum atomic E-state index is 0.217. The molecule has 2 N–H and O–H groups in total. The highest BCUT2D eigenvalue weighted by molar-refractivity contribution is 5.78. The zero-order valence-electron chi connectivity index (χ0n) is 21.7. The van der Waals surface area contributed by atoms with E-state index >= 15 is 0 Å². The Bertz CT molecular complexity index is 998. The van der Waals surface area contributed by atoms with Crippen molar-refractivity contribution in [3.8, 4) is 5.75 Å². The van der Waals surface area contributed by atoms with Crippen LogP contribution in [0.5, 0.6) is 5.75 Å². The minimum Gasteiger partial charge on any atom is -0.497 e. The van der Waals surface area contributed by atoms with E-state index in [1.54, 1.807) is 14.2 Å². The molecular formula is C31H41N3O. The number of rotatable bonds is 11. The Hall–Kier alpha value is -3.53. The van der Waals surface area contributed by atoms with Crippen molar-refractivity contribution in [2.45, 2.75) is 45.4 Å². The lowest BCUT2D eigenvalue weighted by molar-refractivity contribution is 0.414. The number of hydrogen-bond acceptors (Lipinski definition) is 2. The molecule has 1 atom stereocenters. The monoisotopic (exact) mass is 471 g/mol. The molecule has 0 aliphatic rings. The summed E-state index contributed by atoms with van der Waals surface area (Å²) in [5, 5.41) is 0. The summed E-state index contributed by atoms with van der Waals surface area (Å²) < 4.78 is 5.34. The van der Waals surface area contributed by atoms with Gasteiger partial charge in [0, 0.05) is 25.7 Å². The molecule has 35 heavy (non-hydrogen) atoms. The first-order chi connectivity index (χ1) is 17.2. The highest BCUT2D eigenvalue weighted by Crippen LogP contribution is 2.25. The first-order valence-electron chi connectivity index (χ1n) is 12.6. The number of methoxy groups -OCH3 is 1. The molecule has 0 saturated heterocycles. The standard InChI is InChI=1S/C29H35N3O.C2H6/c1-31-29(30)32(21-10-9-13-24-11-5-3-6-12-24)22-20-27(23-25-14-7-4-8-15-25)26-16-18-28(33-2)19-17-26;1-2/h3-8,11-12,14-20,22,27H,9-10,13,21,23H2,1-2H3,(H2,30,31);1-2H3/b22-20+;. The van der Waals surface area contributed by atoms with E-state index in [1.807, 2.05) is 26.0 Å². The van der Waals surface area contributed by atoms with Gasteiger partial charge in [0.05, 0.1) is 7.11 Å². The van der Waals surface area contributed by atoms with Crippen LogP contribution in [-0.4, -0.2) is 31.6 Å². The van der Waals surface area contributed by atoms with Crippen molar-refractivity contribution in [1.29, 1.82) is 0 Å². The van der Waals surface area contributed by atoms with Gasteiger partial charge in [0.25, 0.3) is 0 Å². The molecule has 0 spiro atoms. The second-order valence-corrected chi connectivity index (χ2v) is 8.13. The average molecular weight is 472 g/mol. The molecule has 0 aliphatic carbocycles. The first-order valence-corrected chi connectivity index (χ1v) is 12.6. The molecule has 0 amide bonds. The Balaban J connectivity index is 0.00000210. The highest BCUT2D eigenvalue weighted by atomic mass is 16.5. The van der Waals surface area contributed by atoms with Crippen LogP contribution in [0.3, 0.4) is 0 Å². The molecule has 4 nitrogen and oxygen atoms in total. The van der Waals surface area contributed by atoms with Gasteiger partial charge in [-0.25, -0.2) is 0 Å². The van der Waals surface area contributed by atoms with E-state index in [9.17, 15) is 0 Å². The van der Waals surface area contributed by atoms with Crippen molar-refractivity contribution in [2.75, 3.05) is 20.7 Å². The van der Waals surface area contributed by atoms with Gasteiger partial charge in [-0.3, -0.25) is 4.99 Å². The summed E-state index contributed by atoms with van der Waals surface area (Å²) in [5.74, 6) is 1.62. The molecule has 186 valence electrons. The van der Waals surface area contributed by atoms with Gasteiger partial charge in [0.1, 0.15) is 5.75 Å². The zero-order valence-corrected chi connectivity index (χ0v) is 21.7. The number of allylic oxidation sites excluding steroid dienone is 1. The van der Waals surface area contributed by atoms with Crippen molar-refractivity contribution in [1.82, 2.24) is 4.90 Å². The molecule has 0 aromatic heterocycles. The maximum atomic E-state index is 6.23. The van der Waals surface area contributed by atoms with Crippen LogP contribution in [0, 0.1) is 0 Å². The summed E-state index contributed by atoms with van der Waals surface area (Å²) in [5.41, 5.74) is 10.2. The van der Waals surface area contributed by atoms with Gasteiger partial charge in [-0.15, -0.1) is 0 Å². The fourth-order valence-electron chi connectivity index (χ4n) is 3.87. The normalized spacial score (nSPS) is 12.1. The van der Waals surface area contributed by atoms with E-state index in [0.29, 0.717) is 5.96 Å². The number of guanidine groups is 1. The smallest absolute Gasteiger partial charge is 0.195 e. The molecular weight excluding hydrogens is 430 g/mol. The molecule has 3 aromatic rings. The SMILES string of the molecule is CC.CN=C(N)N(/C=C/C(Cc1ccccc1)c1ccc(OC)cc1)CCCCc1ccccc1. The van der Waals surface area contributed by atoms with Gasteiger partial charge < -0.3 is 15.4 Å². The fourth-order valence-corrected chi connectivity index (χ4v) is 3.87. The lowest BCUT2D eigenvalue weighted by Gasteiger charge is -2.21. The molecule has 0 fully saturated rings. The maximum absolute atomic E-state index is 6.23. The minimum absolute atomic E-state index is 0.217. The maximum Gasteiger partial charge on any atom is 0.195 e. The van der Waals surface area contributed by atoms with Crippen molar-refractivity contribution >= 4 is 5.96 Å². The Labute approximate surface area is 212 Å². The number of aliphatic imine (C=N–C) groups is 1. The number of nitrogens with zero attached hydrogens (tertiary/aromatic N) is 2. The summed E-state index contributed by atoms with van der Waals surface area (Å²) in [6.07, 6.45) is 8.48. The van der Waals surface area contributed by atoms with Gasteiger partial charge >= 0.3 is 0 Å². The van der Waals surface area contributed by atoms with E-state index in [0.717, 1.165) is 38.0 Å². The van der Waals surface area contributed by atoms with Crippen LogP contribution in [0.4, 0.5) is 0 Å². The highest BCUT2D eigenvalue weighted by Gasteiger charge is 2.12. The van der Waals surface area contributed by atoms with Crippen molar-refractivity contribution in [3.63, 3.8) is 0 Å². The van der Waals surface area contributed by atoms with Crippen LogP contribution in [0.1, 0.15) is 49.3 Å². The molecule has 4 heteroatoms. The molecule has 0 heterocycles. The molecule has 3 aromatic carbocycles. The van der Waals surface area contributed by atoms with Gasteiger partial charge in [0.15, 0.2) is 5.96 Å². The summed E-state index contributed by atoms with van der Waals surface area (Å²) in [6, 6.07) is 29.5. The van der Waals surface area contributed by atoms with Gasteiger partial charge in [-0.1, -0.05) is 92.7 Å². The second kappa shape index (κ2) is 16.2. The van der Waals surface area contributed by atoms with Crippen molar-refractivity contribution in [2.24, 2.45) is 10.7 Å². The predicted octanol–water partition coefficient (Wildman–Crippen LogP) is 6.83. The number of hydrogen-bond donors (Lipinski definition) is 1. The lowest BCUT2D eigenvalue weighted by Crippen LogP contribution is -2.34. The van der Waals surface area contributed by atoms with Crippen LogP contribution in [0.15, 0.2) is 102 Å². The van der Waals surface area contributed by atoms with Gasteiger partial charge in [-0.2, -0.15) is 0 Å². The van der Waals surface area contributed by atoms with Crippen molar-refractivity contribution in [3.05, 3.63) is 114 Å². The molecule has 0 saturated carbocycles. The van der Waals surface area contributed by atoms with E-state index in [4.69, 9.17) is 10.5 Å². The Morgan fingerprint density at radius 2 is 1.49 bits per heavy atom. The van der Waals surface area contributed by atoms with Crippen LogP contribution < -0.4 is 10.5 Å². The summed E-state index contributed by atoms with van der Waals surface area (Å²) >= 11 is 0. The summed E-state index contributed by atoms with van der Waals surface area (Å²) in [7, 11) is 3.43. The quantitative estimate of drug-likeness (QED) is 0.189. The molecule has 0 bridgehead atoms. The third-order valence-electron chi connectivity index (χ3n) is 5.82. The van der Waals surface area contributed by atoms with E-state index < -0.39 is 0 Å². The average Bonchev–Trinajstić information content (AvgIpc) is 2.93. The topological polar surface area (TPSA) is 50.8 Å². The summed E-state index contributed by atoms with van der Waals surface area (Å²) in [4.78, 5) is 6.30. The largest absolute Gasteiger partial charge is 0.497 e. The third kappa shape index (κ3) is 9.70. The van der Waals surface area contributed by atoms with Gasteiger partial charge in [0.2, 0.25) is 0 Å². The number of ether oxygens (including phenoxy) is 1. The Kier molecular flexibility index (Phi) is 12.8. The fraction of sp³-hybridized carbons (Fsp3) is 0.323. The van der Waals surface area contributed by atoms with E-state index in [2.05, 4.69) is 95.0 Å². The Morgan fingerprint density at radius 3 is 2.06 bits per heavy atom. The van der Waals surface area contributed by atoms with Crippen LogP contribution in [0.25, 0.3) is 0 Å². The number of nitrogens with two attached hydrogens (primary N) is 1. The van der Waals surface area contributed by atoms with Crippen LogP contribution in [0.2, 0.25) is 0 Å². The van der Waals surface area contributed by atoms with E-state index in [1.165, 1.54) is 16.7 Å². The molecule has 3 rings (SSSR count). The third-order valence-corrected chi connectivity index (χ3v) is 5.82. The second-order valence-electron chi connectivity index (χ2n) is 8.13. The zero-order chi connectivity index (χ0) is 25.3. The Morgan fingerprint density at radius 1 is 0.886 bits per heavy atom. The lowest BCUT2D eigenvalue weighted by atomic mass is 9.92. The van der Waals surface area contributed by atoms with Crippen LogP contribution >= 0.6 is 0 Å². The van der Waals surface area contributed by atoms with Crippen molar-refractivity contribution < 1.29 is 4.74 Å². The van der Waals surface area contributed by atoms with Crippen LogP contribution in [-0.2, 0) is 12.8 Å². The number of unbranched alkanes of at least 4 members (excludes halogenated alkanes) is 1. The van der Waals surface area contributed by atoms with Gasteiger partial charge in [-0.05, 0) is 54.5 Å². The molecule has 0 radical (unpaired) electrons.